The van der Waals surface area contributed by atoms with Crippen LogP contribution >= 0.6 is 0 Å². The minimum Gasteiger partial charge on any atom is -0.313 e. The fraction of sp³-hybridized carbons (Fsp3) is 0.786. The standard InChI is InChI=1S/C14H26N4O2S/c1-11(2)15-7-10-18-13(4)14(12(3)16-18)21(19,20)17-8-5-6-9-17/h11,15H,5-10H2,1-4H3. The van der Waals surface area contributed by atoms with E-state index >= 15 is 0 Å². The van der Waals surface area contributed by atoms with E-state index in [1.54, 1.807) is 15.9 Å². The molecule has 0 saturated carbocycles. The number of rotatable bonds is 6. The number of aromatic nitrogens is 2. The second-order valence-electron chi connectivity index (χ2n) is 5.94. The van der Waals surface area contributed by atoms with Crippen LogP contribution in [0.5, 0.6) is 0 Å². The van der Waals surface area contributed by atoms with Crippen LogP contribution in [-0.4, -0.2) is 48.2 Å². The highest BCUT2D eigenvalue weighted by atomic mass is 32.2. The molecule has 7 heteroatoms. The van der Waals surface area contributed by atoms with Gasteiger partial charge in [-0.25, -0.2) is 8.42 Å². The molecular weight excluding hydrogens is 288 g/mol. The van der Waals surface area contributed by atoms with Gasteiger partial charge >= 0.3 is 0 Å². The molecule has 1 aromatic heterocycles. The molecule has 1 N–H and O–H groups in total. The first-order valence-corrected chi connectivity index (χ1v) is 9.05. The quantitative estimate of drug-likeness (QED) is 0.859. The van der Waals surface area contributed by atoms with E-state index in [1.807, 2.05) is 6.92 Å². The molecule has 1 aliphatic heterocycles. The molecule has 1 aliphatic rings. The van der Waals surface area contributed by atoms with E-state index in [0.717, 1.165) is 25.1 Å². The van der Waals surface area contributed by atoms with Gasteiger partial charge in [-0.3, -0.25) is 4.68 Å². The molecule has 1 aromatic rings. The summed E-state index contributed by atoms with van der Waals surface area (Å²) in [7, 11) is -3.39. The second kappa shape index (κ2) is 6.46. The molecule has 0 aromatic carbocycles. The maximum atomic E-state index is 12.7. The number of sulfonamides is 1. The summed E-state index contributed by atoms with van der Waals surface area (Å²) in [6.07, 6.45) is 1.90. The van der Waals surface area contributed by atoms with Gasteiger partial charge in [0.1, 0.15) is 4.90 Å². The third kappa shape index (κ3) is 3.46. The fourth-order valence-electron chi connectivity index (χ4n) is 2.79. The van der Waals surface area contributed by atoms with Crippen LogP contribution in [0.1, 0.15) is 38.1 Å². The number of hydrogen-bond acceptors (Lipinski definition) is 4. The molecule has 21 heavy (non-hydrogen) atoms. The van der Waals surface area contributed by atoms with Gasteiger partial charge in [0, 0.05) is 25.7 Å². The van der Waals surface area contributed by atoms with Gasteiger partial charge in [0.2, 0.25) is 10.0 Å². The Morgan fingerprint density at radius 1 is 1.24 bits per heavy atom. The first-order chi connectivity index (χ1) is 9.84. The lowest BCUT2D eigenvalue weighted by Crippen LogP contribution is -2.29. The van der Waals surface area contributed by atoms with Crippen LogP contribution in [0.2, 0.25) is 0 Å². The molecule has 0 amide bonds. The summed E-state index contributed by atoms with van der Waals surface area (Å²) in [4.78, 5) is 0.397. The van der Waals surface area contributed by atoms with Gasteiger partial charge < -0.3 is 5.32 Å². The van der Waals surface area contributed by atoms with Gasteiger partial charge in [0.25, 0.3) is 0 Å². The summed E-state index contributed by atoms with van der Waals surface area (Å²) in [5.74, 6) is 0. The summed E-state index contributed by atoms with van der Waals surface area (Å²) in [6.45, 7) is 10.5. The highest BCUT2D eigenvalue weighted by molar-refractivity contribution is 7.89. The first kappa shape index (κ1) is 16.5. The van der Waals surface area contributed by atoms with Crippen molar-refractivity contribution in [2.45, 2.75) is 58.0 Å². The van der Waals surface area contributed by atoms with E-state index in [9.17, 15) is 8.42 Å². The zero-order valence-corrected chi connectivity index (χ0v) is 14.2. The van der Waals surface area contributed by atoms with Crippen molar-refractivity contribution < 1.29 is 8.42 Å². The molecule has 1 fully saturated rings. The molecule has 2 heterocycles. The van der Waals surface area contributed by atoms with Gasteiger partial charge in [0.05, 0.1) is 17.9 Å². The van der Waals surface area contributed by atoms with Crippen LogP contribution in [0, 0.1) is 13.8 Å². The number of aryl methyl sites for hydroxylation is 1. The van der Waals surface area contributed by atoms with Crippen LogP contribution in [-0.2, 0) is 16.6 Å². The van der Waals surface area contributed by atoms with Gasteiger partial charge in [-0.1, -0.05) is 13.8 Å². The minimum absolute atomic E-state index is 0.397. The van der Waals surface area contributed by atoms with Crippen molar-refractivity contribution in [2.24, 2.45) is 0 Å². The van der Waals surface area contributed by atoms with E-state index in [-0.39, 0.29) is 0 Å². The fourth-order valence-corrected chi connectivity index (χ4v) is 4.68. The van der Waals surface area contributed by atoms with E-state index in [1.165, 1.54) is 0 Å². The van der Waals surface area contributed by atoms with Crippen molar-refractivity contribution in [3.8, 4) is 0 Å². The lowest BCUT2D eigenvalue weighted by molar-refractivity contribution is 0.475. The third-order valence-corrected chi connectivity index (χ3v) is 6.01. The van der Waals surface area contributed by atoms with Gasteiger partial charge in [0.15, 0.2) is 0 Å². The Bertz CT molecular complexity index is 586. The van der Waals surface area contributed by atoms with Gasteiger partial charge in [-0.2, -0.15) is 9.40 Å². The van der Waals surface area contributed by atoms with Crippen LogP contribution < -0.4 is 5.32 Å². The molecular formula is C14H26N4O2S. The third-order valence-electron chi connectivity index (χ3n) is 3.85. The maximum Gasteiger partial charge on any atom is 0.246 e. The van der Waals surface area contributed by atoms with Crippen molar-refractivity contribution in [3.63, 3.8) is 0 Å². The summed E-state index contributed by atoms with van der Waals surface area (Å²) in [6, 6.07) is 0.412. The average molecular weight is 314 g/mol. The Balaban J connectivity index is 2.22. The van der Waals surface area contributed by atoms with Crippen LogP contribution in [0.4, 0.5) is 0 Å². The second-order valence-corrected chi connectivity index (χ2v) is 7.82. The summed E-state index contributed by atoms with van der Waals surface area (Å²) >= 11 is 0. The first-order valence-electron chi connectivity index (χ1n) is 7.61. The smallest absolute Gasteiger partial charge is 0.246 e. The normalized spacial score (nSPS) is 17.0. The number of hydrogen-bond donors (Lipinski definition) is 1. The monoisotopic (exact) mass is 314 g/mol. The van der Waals surface area contributed by atoms with Crippen LogP contribution in [0.3, 0.4) is 0 Å². The number of nitrogens with zero attached hydrogens (tertiary/aromatic N) is 3. The predicted molar refractivity (Wildman–Crippen MR) is 82.8 cm³/mol. The number of nitrogens with one attached hydrogen (secondary N) is 1. The van der Waals surface area contributed by atoms with Crippen LogP contribution in [0.25, 0.3) is 0 Å². The van der Waals surface area contributed by atoms with E-state index in [0.29, 0.717) is 36.3 Å². The Labute approximate surface area is 127 Å². The van der Waals surface area contributed by atoms with E-state index < -0.39 is 10.0 Å². The zero-order valence-electron chi connectivity index (χ0n) is 13.4. The summed E-state index contributed by atoms with van der Waals surface area (Å²) < 4.78 is 28.8. The summed E-state index contributed by atoms with van der Waals surface area (Å²) in [5.41, 5.74) is 1.34. The van der Waals surface area contributed by atoms with Crippen molar-refractivity contribution in [2.75, 3.05) is 19.6 Å². The highest BCUT2D eigenvalue weighted by Crippen LogP contribution is 2.26. The molecule has 2 rings (SSSR count). The largest absolute Gasteiger partial charge is 0.313 e. The zero-order chi connectivity index (χ0) is 15.6. The molecule has 120 valence electrons. The van der Waals surface area contributed by atoms with E-state index in [4.69, 9.17) is 0 Å². The molecule has 0 spiro atoms. The van der Waals surface area contributed by atoms with Crippen LogP contribution in [0.15, 0.2) is 4.90 Å². The van der Waals surface area contributed by atoms with Gasteiger partial charge in [-0.05, 0) is 26.7 Å². The Morgan fingerprint density at radius 2 is 1.86 bits per heavy atom. The van der Waals surface area contributed by atoms with E-state index in [2.05, 4.69) is 24.3 Å². The van der Waals surface area contributed by atoms with Crippen molar-refractivity contribution >= 4 is 10.0 Å². The summed E-state index contributed by atoms with van der Waals surface area (Å²) in [5, 5.41) is 7.74. The topological polar surface area (TPSA) is 67.2 Å². The van der Waals surface area contributed by atoms with Gasteiger partial charge in [-0.15, -0.1) is 0 Å². The van der Waals surface area contributed by atoms with Crippen molar-refractivity contribution in [1.82, 2.24) is 19.4 Å². The SMILES string of the molecule is Cc1nn(CCNC(C)C)c(C)c1S(=O)(=O)N1CCCC1. The van der Waals surface area contributed by atoms with Crippen molar-refractivity contribution in [1.29, 1.82) is 0 Å². The lowest BCUT2D eigenvalue weighted by atomic mass is 10.4. The minimum atomic E-state index is -3.39. The molecule has 0 radical (unpaired) electrons. The molecule has 0 atom stereocenters. The average Bonchev–Trinajstić information content (AvgIpc) is 2.98. The molecule has 6 nitrogen and oxygen atoms in total. The Kier molecular flexibility index (Phi) is 5.06. The predicted octanol–water partition coefficient (Wildman–Crippen LogP) is 1.28. The Hall–Kier alpha value is -0.920. The molecule has 0 bridgehead atoms. The van der Waals surface area contributed by atoms with Crippen molar-refractivity contribution in [3.05, 3.63) is 11.4 Å². The maximum absolute atomic E-state index is 12.7. The molecule has 0 aliphatic carbocycles. The molecule has 1 saturated heterocycles. The molecule has 0 unspecified atom stereocenters. The lowest BCUT2D eigenvalue weighted by Gasteiger charge is -2.16. The highest BCUT2D eigenvalue weighted by Gasteiger charge is 2.32. The Morgan fingerprint density at radius 3 is 2.43 bits per heavy atom.